The molecular formula is C23H19F4N5O2. The van der Waals surface area contributed by atoms with Gasteiger partial charge in [-0.2, -0.15) is 18.4 Å². The number of fused-ring (bicyclic) bond motifs is 1. The van der Waals surface area contributed by atoms with Crippen LogP contribution >= 0.6 is 0 Å². The maximum Gasteiger partial charge on any atom is 0.424 e. The first-order valence-electron chi connectivity index (χ1n) is 10.2. The van der Waals surface area contributed by atoms with Crippen molar-refractivity contribution in [1.29, 1.82) is 5.26 Å². The van der Waals surface area contributed by atoms with E-state index in [0.29, 0.717) is 23.7 Å². The lowest BCUT2D eigenvalue weighted by Gasteiger charge is -2.36. The lowest BCUT2D eigenvalue weighted by Crippen LogP contribution is -2.45. The Bertz CT molecular complexity index is 1290. The minimum atomic E-state index is -4.94. The van der Waals surface area contributed by atoms with Crippen LogP contribution in [0.25, 0.3) is 11.3 Å². The summed E-state index contributed by atoms with van der Waals surface area (Å²) in [4.78, 5) is 22.3. The highest BCUT2D eigenvalue weighted by Gasteiger charge is 2.55. The summed E-state index contributed by atoms with van der Waals surface area (Å²) in [7, 11) is 0. The highest BCUT2D eigenvalue weighted by atomic mass is 19.4. The third-order valence-electron chi connectivity index (χ3n) is 5.82. The van der Waals surface area contributed by atoms with E-state index in [1.165, 1.54) is 21.7 Å². The fourth-order valence-electron chi connectivity index (χ4n) is 3.95. The van der Waals surface area contributed by atoms with Crippen molar-refractivity contribution >= 4 is 5.91 Å². The fourth-order valence-corrected chi connectivity index (χ4v) is 3.95. The molecule has 34 heavy (non-hydrogen) atoms. The molecule has 0 spiro atoms. The van der Waals surface area contributed by atoms with E-state index in [9.17, 15) is 27.5 Å². The van der Waals surface area contributed by atoms with Crippen molar-refractivity contribution in [1.82, 2.24) is 19.4 Å². The molecule has 0 aliphatic carbocycles. The molecule has 0 radical (unpaired) electrons. The van der Waals surface area contributed by atoms with Gasteiger partial charge in [0.15, 0.2) is 11.6 Å². The van der Waals surface area contributed by atoms with E-state index in [4.69, 9.17) is 5.26 Å². The number of carbonyl (C=O) groups is 1. The zero-order valence-electron chi connectivity index (χ0n) is 18.1. The fraction of sp³-hybridized carbons (Fsp3) is 0.304. The van der Waals surface area contributed by atoms with E-state index in [1.54, 1.807) is 31.2 Å². The van der Waals surface area contributed by atoms with Crippen molar-refractivity contribution in [2.75, 3.05) is 6.54 Å². The SMILES string of the molecule is CC1CN(C(=O)c2cc(-c3ccc(C#N)cc3)ncc2F)Cc2cnc(C(C)(O)C(F)(F)F)n21. The van der Waals surface area contributed by atoms with Crippen molar-refractivity contribution in [2.24, 2.45) is 0 Å². The lowest BCUT2D eigenvalue weighted by atomic mass is 10.0. The first-order valence-corrected chi connectivity index (χ1v) is 10.2. The molecule has 0 saturated heterocycles. The predicted octanol–water partition coefficient (Wildman–Crippen LogP) is 3.94. The molecule has 2 unspecified atom stereocenters. The van der Waals surface area contributed by atoms with Crippen LogP contribution < -0.4 is 0 Å². The number of alkyl halides is 3. The number of aromatic nitrogens is 3. The van der Waals surface area contributed by atoms with Crippen molar-refractivity contribution in [3.8, 4) is 17.3 Å². The van der Waals surface area contributed by atoms with Gasteiger partial charge in [0.1, 0.15) is 0 Å². The highest BCUT2D eigenvalue weighted by Crippen LogP contribution is 2.40. The second kappa shape index (κ2) is 8.22. The Labute approximate surface area is 191 Å². The Kier molecular flexibility index (Phi) is 5.65. The quantitative estimate of drug-likeness (QED) is 0.582. The number of nitrogens with zero attached hydrogens (tertiary/aromatic N) is 5. The average Bonchev–Trinajstić information content (AvgIpc) is 3.24. The van der Waals surface area contributed by atoms with Gasteiger partial charge in [0.2, 0.25) is 5.60 Å². The molecule has 176 valence electrons. The summed E-state index contributed by atoms with van der Waals surface area (Å²) in [6, 6.07) is 9.04. The number of aliphatic hydroxyl groups is 1. The van der Waals surface area contributed by atoms with Crippen molar-refractivity contribution in [2.45, 2.75) is 38.2 Å². The van der Waals surface area contributed by atoms with Crippen LogP contribution in [0.3, 0.4) is 0 Å². The van der Waals surface area contributed by atoms with E-state index in [1.807, 2.05) is 6.07 Å². The minimum Gasteiger partial charge on any atom is -0.374 e. The predicted molar refractivity (Wildman–Crippen MR) is 112 cm³/mol. The second-order valence-electron chi connectivity index (χ2n) is 8.29. The standard InChI is InChI=1S/C23H19F4N5O2/c1-13-11-31(12-16-9-30-21(32(13)16)22(2,34)23(25,26)27)20(33)17-7-19(29-10-18(17)24)15-5-3-14(8-28)4-6-15/h3-7,9-10,13,34H,11-12H2,1-2H3. The van der Waals surface area contributed by atoms with Crippen LogP contribution in [-0.4, -0.2) is 43.2 Å². The maximum atomic E-state index is 14.6. The van der Waals surface area contributed by atoms with Gasteiger partial charge >= 0.3 is 6.18 Å². The van der Waals surface area contributed by atoms with Crippen LogP contribution in [0.1, 0.15) is 47.3 Å². The zero-order valence-corrected chi connectivity index (χ0v) is 18.1. The Morgan fingerprint density at radius 1 is 1.21 bits per heavy atom. The van der Waals surface area contributed by atoms with Gasteiger partial charge in [0, 0.05) is 12.1 Å². The number of hydrogen-bond acceptors (Lipinski definition) is 5. The monoisotopic (exact) mass is 473 g/mol. The number of carbonyl (C=O) groups excluding carboxylic acids is 1. The van der Waals surface area contributed by atoms with E-state index >= 15 is 0 Å². The maximum absolute atomic E-state index is 14.6. The van der Waals surface area contributed by atoms with Gasteiger partial charge in [-0.25, -0.2) is 9.37 Å². The van der Waals surface area contributed by atoms with Gasteiger partial charge in [-0.1, -0.05) is 12.1 Å². The number of pyridine rings is 1. The number of rotatable bonds is 3. The number of amides is 1. The summed E-state index contributed by atoms with van der Waals surface area (Å²) in [5.74, 6) is -2.05. The molecule has 2 aromatic heterocycles. The number of nitriles is 1. The summed E-state index contributed by atoms with van der Waals surface area (Å²) in [6.07, 6.45) is -2.84. The molecule has 1 aromatic carbocycles. The molecular weight excluding hydrogens is 454 g/mol. The van der Waals surface area contributed by atoms with Crippen molar-refractivity contribution in [3.63, 3.8) is 0 Å². The van der Waals surface area contributed by atoms with Gasteiger partial charge in [0.25, 0.3) is 5.91 Å². The van der Waals surface area contributed by atoms with Crippen LogP contribution in [-0.2, 0) is 12.1 Å². The first-order chi connectivity index (χ1) is 15.9. The van der Waals surface area contributed by atoms with E-state index in [-0.39, 0.29) is 24.3 Å². The number of halogens is 4. The average molecular weight is 473 g/mol. The van der Waals surface area contributed by atoms with E-state index < -0.39 is 35.4 Å². The summed E-state index contributed by atoms with van der Waals surface area (Å²) in [5.41, 5.74) is -1.78. The number of hydrogen-bond donors (Lipinski definition) is 1. The Morgan fingerprint density at radius 2 is 1.88 bits per heavy atom. The van der Waals surface area contributed by atoms with Gasteiger partial charge in [-0.05, 0) is 32.0 Å². The van der Waals surface area contributed by atoms with Gasteiger partial charge in [-0.15, -0.1) is 0 Å². The molecule has 1 amide bonds. The number of benzene rings is 1. The smallest absolute Gasteiger partial charge is 0.374 e. The molecule has 2 atom stereocenters. The molecule has 1 N–H and O–H groups in total. The highest BCUT2D eigenvalue weighted by molar-refractivity contribution is 5.95. The van der Waals surface area contributed by atoms with Crippen molar-refractivity contribution < 1.29 is 27.5 Å². The molecule has 0 saturated carbocycles. The Balaban J connectivity index is 1.64. The molecule has 11 heteroatoms. The molecule has 0 fully saturated rings. The summed E-state index contributed by atoms with van der Waals surface area (Å²) < 4.78 is 55.9. The van der Waals surface area contributed by atoms with E-state index in [2.05, 4.69) is 9.97 Å². The van der Waals surface area contributed by atoms with Crippen LogP contribution in [0.2, 0.25) is 0 Å². The third-order valence-corrected chi connectivity index (χ3v) is 5.82. The summed E-state index contributed by atoms with van der Waals surface area (Å²) >= 11 is 0. The molecule has 4 rings (SSSR count). The van der Waals surface area contributed by atoms with Crippen LogP contribution in [0.5, 0.6) is 0 Å². The summed E-state index contributed by atoms with van der Waals surface area (Å²) in [5, 5.41) is 19.0. The van der Waals surface area contributed by atoms with Gasteiger partial charge in [0.05, 0.1) is 53.6 Å². The molecule has 1 aliphatic heterocycles. The molecule has 7 nitrogen and oxygen atoms in total. The van der Waals surface area contributed by atoms with Crippen LogP contribution in [0, 0.1) is 17.1 Å². The second-order valence-corrected chi connectivity index (χ2v) is 8.29. The lowest BCUT2D eigenvalue weighted by molar-refractivity contribution is -0.263. The minimum absolute atomic E-state index is 0.0168. The van der Waals surface area contributed by atoms with Gasteiger partial charge in [-0.3, -0.25) is 9.78 Å². The van der Waals surface area contributed by atoms with Crippen molar-refractivity contribution in [3.05, 3.63) is 71.2 Å². The summed E-state index contributed by atoms with van der Waals surface area (Å²) in [6.45, 7) is 2.09. The topological polar surface area (TPSA) is 95.0 Å². The van der Waals surface area contributed by atoms with Crippen LogP contribution in [0.4, 0.5) is 17.6 Å². The Morgan fingerprint density at radius 3 is 2.50 bits per heavy atom. The molecule has 3 heterocycles. The van der Waals surface area contributed by atoms with E-state index in [0.717, 1.165) is 6.20 Å². The van der Waals surface area contributed by atoms with Crippen LogP contribution in [0.15, 0.2) is 42.7 Å². The normalized spacial score (nSPS) is 17.6. The molecule has 3 aromatic rings. The molecule has 0 bridgehead atoms. The third kappa shape index (κ3) is 3.90. The Hall–Kier alpha value is -3.78. The molecule has 1 aliphatic rings. The number of imidazole rings is 1. The first kappa shape index (κ1) is 23.4. The largest absolute Gasteiger partial charge is 0.424 e. The van der Waals surface area contributed by atoms with Gasteiger partial charge < -0.3 is 14.6 Å². The zero-order chi connectivity index (χ0) is 24.8.